The lowest BCUT2D eigenvalue weighted by molar-refractivity contribution is 0.221. The van der Waals surface area contributed by atoms with Gasteiger partial charge in [-0.1, -0.05) is 80.0 Å². The lowest BCUT2D eigenvalue weighted by atomic mass is 10.1. The molecule has 1 rings (SSSR count). The molecule has 1 aromatic carbocycles. The lowest BCUT2D eigenvalue weighted by Crippen LogP contribution is -2.43. The van der Waals surface area contributed by atoms with E-state index in [0.29, 0.717) is 0 Å². The third-order valence-electron chi connectivity index (χ3n) is 4.34. The van der Waals surface area contributed by atoms with Gasteiger partial charge in [0.2, 0.25) is 0 Å². The Hall–Kier alpha value is -0.383. The third-order valence-corrected chi connectivity index (χ3v) is 9.45. The molecule has 0 aliphatic rings. The van der Waals surface area contributed by atoms with Crippen molar-refractivity contribution in [2.75, 3.05) is 0 Å². The van der Waals surface area contributed by atoms with E-state index in [-0.39, 0.29) is 11.1 Å². The fourth-order valence-corrected chi connectivity index (χ4v) is 3.71. The van der Waals surface area contributed by atoms with Crippen LogP contribution in [0.2, 0.25) is 18.1 Å². The fourth-order valence-electron chi connectivity index (χ4n) is 1.84. The predicted octanol–water partition coefficient (Wildman–Crippen LogP) is 6.40. The number of benzene rings is 1. The number of hydrogen-bond acceptors (Lipinski definition) is 1. The highest BCUT2D eigenvalue weighted by Crippen LogP contribution is 2.37. The molecule has 0 unspecified atom stereocenters. The minimum absolute atomic E-state index is 0.203. The molecule has 0 saturated heterocycles. The molecular weight excluding hydrogens is 340 g/mol. The molecule has 0 heterocycles. The molecule has 1 nitrogen and oxygen atoms in total. The van der Waals surface area contributed by atoms with Crippen molar-refractivity contribution in [3.8, 4) is 0 Å². The summed E-state index contributed by atoms with van der Waals surface area (Å²) >= 11 is 3.55. The Balaban J connectivity index is 2.85. The smallest absolute Gasteiger partial charge is 0.192 e. The Morgan fingerprint density at radius 1 is 1.24 bits per heavy atom. The van der Waals surface area contributed by atoms with Gasteiger partial charge in [0.05, 0.1) is 6.10 Å². The molecule has 0 aliphatic carbocycles. The number of halogens is 1. The summed E-state index contributed by atoms with van der Waals surface area (Å²) in [5.41, 5.74) is 2.59. The second kappa shape index (κ2) is 7.75. The van der Waals surface area contributed by atoms with Crippen molar-refractivity contribution < 1.29 is 4.43 Å². The molecule has 118 valence electrons. The first-order valence-corrected chi connectivity index (χ1v) is 11.7. The van der Waals surface area contributed by atoms with E-state index >= 15 is 0 Å². The molecule has 0 aromatic heterocycles. The first-order chi connectivity index (χ1) is 9.71. The van der Waals surface area contributed by atoms with Crippen molar-refractivity contribution in [1.82, 2.24) is 0 Å². The molecule has 0 amide bonds. The molecule has 3 heteroatoms. The van der Waals surface area contributed by atoms with E-state index in [0.717, 1.165) is 11.8 Å². The average Bonchev–Trinajstić information content (AvgIpc) is 2.42. The molecule has 0 spiro atoms. The number of hydrogen-bond donors (Lipinski definition) is 0. The molecule has 0 saturated carbocycles. The second-order valence-corrected chi connectivity index (χ2v) is 12.3. The summed E-state index contributed by atoms with van der Waals surface area (Å²) in [5.74, 6) is 0. The molecular formula is C18H29BrOSi. The third kappa shape index (κ3) is 5.39. The van der Waals surface area contributed by atoms with E-state index in [2.05, 4.69) is 93.1 Å². The van der Waals surface area contributed by atoms with Crippen LogP contribution in [-0.4, -0.2) is 14.4 Å². The van der Waals surface area contributed by atoms with Crippen LogP contribution in [0.25, 0.3) is 6.08 Å². The summed E-state index contributed by atoms with van der Waals surface area (Å²) in [7, 11) is -1.71. The van der Waals surface area contributed by atoms with E-state index < -0.39 is 8.32 Å². The molecule has 1 aromatic rings. The highest BCUT2D eigenvalue weighted by molar-refractivity contribution is 9.08. The SMILES string of the molecule is CC[C@H](/C=C/c1ccccc1CBr)O[Si](C)(C)C(C)(C)C. The van der Waals surface area contributed by atoms with Crippen LogP contribution in [-0.2, 0) is 9.76 Å². The van der Waals surface area contributed by atoms with Gasteiger partial charge in [0, 0.05) is 5.33 Å². The summed E-state index contributed by atoms with van der Waals surface area (Å²) in [5, 5.41) is 1.13. The summed E-state index contributed by atoms with van der Waals surface area (Å²) < 4.78 is 6.49. The van der Waals surface area contributed by atoms with Crippen LogP contribution in [0.1, 0.15) is 45.2 Å². The standard InChI is InChI=1S/C18H29BrOSi/c1-7-17(20-21(5,6)18(2,3)4)13-12-15-10-8-9-11-16(15)14-19/h8-13,17H,7,14H2,1-6H3/b13-12+/t17-/m1/s1. The number of rotatable bonds is 6. The van der Waals surface area contributed by atoms with Crippen LogP contribution in [0.3, 0.4) is 0 Å². The molecule has 21 heavy (non-hydrogen) atoms. The van der Waals surface area contributed by atoms with Gasteiger partial charge in [0.25, 0.3) is 0 Å². The predicted molar refractivity (Wildman–Crippen MR) is 100 cm³/mol. The van der Waals surface area contributed by atoms with Gasteiger partial charge in [-0.3, -0.25) is 0 Å². The van der Waals surface area contributed by atoms with E-state index in [1.165, 1.54) is 11.1 Å². The Morgan fingerprint density at radius 3 is 2.38 bits per heavy atom. The van der Waals surface area contributed by atoms with Crippen molar-refractivity contribution in [3.05, 3.63) is 41.5 Å². The highest BCUT2D eigenvalue weighted by atomic mass is 79.9. The first kappa shape index (κ1) is 18.7. The van der Waals surface area contributed by atoms with Crippen LogP contribution in [0.4, 0.5) is 0 Å². The normalized spacial score (nSPS) is 14.6. The van der Waals surface area contributed by atoms with E-state index in [1.54, 1.807) is 0 Å². The molecule has 0 radical (unpaired) electrons. The van der Waals surface area contributed by atoms with Gasteiger partial charge in [-0.05, 0) is 35.7 Å². The summed E-state index contributed by atoms with van der Waals surface area (Å²) in [4.78, 5) is 0. The largest absolute Gasteiger partial charge is 0.411 e. The van der Waals surface area contributed by atoms with E-state index in [4.69, 9.17) is 4.43 Å². The molecule has 0 fully saturated rings. The molecule has 0 aliphatic heterocycles. The zero-order valence-corrected chi connectivity index (χ0v) is 16.8. The van der Waals surface area contributed by atoms with Gasteiger partial charge in [-0.15, -0.1) is 0 Å². The van der Waals surface area contributed by atoms with E-state index in [9.17, 15) is 0 Å². The summed E-state index contributed by atoms with van der Waals surface area (Å²) in [6.45, 7) is 13.7. The zero-order chi connectivity index (χ0) is 16.1. The monoisotopic (exact) mass is 368 g/mol. The summed E-state index contributed by atoms with van der Waals surface area (Å²) in [6, 6.07) is 8.48. The Labute approximate surface area is 140 Å². The minimum atomic E-state index is -1.71. The molecule has 1 atom stereocenters. The Morgan fingerprint density at radius 2 is 1.86 bits per heavy atom. The Bertz CT molecular complexity index is 474. The van der Waals surface area contributed by atoms with Gasteiger partial charge in [-0.2, -0.15) is 0 Å². The summed E-state index contributed by atoms with van der Waals surface area (Å²) in [6.07, 6.45) is 5.65. The van der Waals surface area contributed by atoms with Crippen molar-refractivity contribution in [1.29, 1.82) is 0 Å². The van der Waals surface area contributed by atoms with Crippen molar-refractivity contribution in [2.45, 2.75) is 63.7 Å². The maximum absolute atomic E-state index is 6.49. The maximum Gasteiger partial charge on any atom is 0.192 e. The second-order valence-electron chi connectivity index (χ2n) is 7.02. The van der Waals surface area contributed by atoms with Gasteiger partial charge >= 0.3 is 0 Å². The van der Waals surface area contributed by atoms with Crippen LogP contribution in [0, 0.1) is 0 Å². The number of alkyl halides is 1. The van der Waals surface area contributed by atoms with Crippen LogP contribution >= 0.6 is 15.9 Å². The van der Waals surface area contributed by atoms with Crippen molar-refractivity contribution in [3.63, 3.8) is 0 Å². The lowest BCUT2D eigenvalue weighted by Gasteiger charge is -2.38. The van der Waals surface area contributed by atoms with E-state index in [1.807, 2.05) is 0 Å². The van der Waals surface area contributed by atoms with Gasteiger partial charge < -0.3 is 4.43 Å². The Kier molecular flexibility index (Phi) is 6.89. The first-order valence-electron chi connectivity index (χ1n) is 7.71. The molecule has 0 bridgehead atoms. The average molecular weight is 369 g/mol. The van der Waals surface area contributed by atoms with Crippen LogP contribution < -0.4 is 0 Å². The maximum atomic E-state index is 6.49. The minimum Gasteiger partial charge on any atom is -0.411 e. The van der Waals surface area contributed by atoms with Crippen LogP contribution in [0.15, 0.2) is 30.3 Å². The van der Waals surface area contributed by atoms with Crippen LogP contribution in [0.5, 0.6) is 0 Å². The quantitative estimate of drug-likeness (QED) is 0.417. The van der Waals surface area contributed by atoms with Gasteiger partial charge in [0.15, 0.2) is 8.32 Å². The molecule has 0 N–H and O–H groups in total. The topological polar surface area (TPSA) is 9.23 Å². The van der Waals surface area contributed by atoms with Crippen molar-refractivity contribution >= 4 is 30.3 Å². The highest BCUT2D eigenvalue weighted by Gasteiger charge is 2.38. The zero-order valence-electron chi connectivity index (χ0n) is 14.2. The fraction of sp³-hybridized carbons (Fsp3) is 0.556. The van der Waals surface area contributed by atoms with Gasteiger partial charge in [0.1, 0.15) is 0 Å². The van der Waals surface area contributed by atoms with Crippen molar-refractivity contribution in [2.24, 2.45) is 0 Å². The van der Waals surface area contributed by atoms with Gasteiger partial charge in [-0.25, -0.2) is 0 Å².